The van der Waals surface area contributed by atoms with Gasteiger partial charge in [0.25, 0.3) is 0 Å². The molecular formula is C18H27NO2. The minimum atomic E-state index is -0.0285. The summed E-state index contributed by atoms with van der Waals surface area (Å²) in [7, 11) is 3.56. The molecule has 2 bridgehead atoms. The second-order valence-electron chi connectivity index (χ2n) is 6.55. The molecule has 2 atom stereocenters. The quantitative estimate of drug-likeness (QED) is 0.777. The molecule has 2 unspecified atom stereocenters. The maximum Gasteiger partial charge on any atom is 0.160 e. The molecule has 0 radical (unpaired) electrons. The van der Waals surface area contributed by atoms with Crippen molar-refractivity contribution in [2.45, 2.75) is 32.1 Å². The van der Waals surface area contributed by atoms with Gasteiger partial charge in [-0.25, -0.2) is 0 Å². The summed E-state index contributed by atoms with van der Waals surface area (Å²) in [5.74, 6) is 2.00. The number of benzene rings is 1. The predicted octanol–water partition coefficient (Wildman–Crippen LogP) is 3.15. The lowest BCUT2D eigenvalue weighted by molar-refractivity contribution is -0.185. The van der Waals surface area contributed by atoms with Gasteiger partial charge < -0.3 is 9.47 Å². The van der Waals surface area contributed by atoms with Crippen LogP contribution in [-0.2, 0) is 16.0 Å². The van der Waals surface area contributed by atoms with E-state index in [1.54, 1.807) is 14.2 Å². The van der Waals surface area contributed by atoms with Crippen LogP contribution in [0.5, 0.6) is 0 Å². The van der Waals surface area contributed by atoms with Gasteiger partial charge in [-0.15, -0.1) is 0 Å². The van der Waals surface area contributed by atoms with Crippen LogP contribution in [0, 0.1) is 17.8 Å². The fourth-order valence-corrected chi connectivity index (χ4v) is 4.40. The summed E-state index contributed by atoms with van der Waals surface area (Å²) in [6.07, 6.45) is 3.97. The van der Waals surface area contributed by atoms with Gasteiger partial charge in [0.05, 0.1) is 0 Å². The Balaban J connectivity index is 1.68. The number of likely N-dealkylation sites (tertiary alicyclic amines) is 1. The third-order valence-corrected chi connectivity index (χ3v) is 5.25. The van der Waals surface area contributed by atoms with E-state index >= 15 is 0 Å². The van der Waals surface area contributed by atoms with Crippen molar-refractivity contribution in [3.8, 4) is 0 Å². The molecule has 2 fully saturated rings. The minimum absolute atomic E-state index is 0.0285. The van der Waals surface area contributed by atoms with E-state index < -0.39 is 0 Å². The van der Waals surface area contributed by atoms with Gasteiger partial charge in [-0.1, -0.05) is 36.8 Å². The van der Waals surface area contributed by atoms with Crippen LogP contribution in [0.1, 0.15) is 24.8 Å². The fraction of sp³-hybridized carbons (Fsp3) is 0.667. The Kier molecular flexibility index (Phi) is 4.94. The van der Waals surface area contributed by atoms with Crippen LogP contribution in [0.3, 0.4) is 0 Å². The maximum absolute atomic E-state index is 5.59. The van der Waals surface area contributed by atoms with Crippen molar-refractivity contribution in [2.24, 2.45) is 17.8 Å². The van der Waals surface area contributed by atoms with E-state index in [0.717, 1.165) is 6.54 Å². The number of piperidine rings is 1. The Morgan fingerprint density at radius 2 is 1.67 bits per heavy atom. The lowest BCUT2D eigenvalue weighted by Gasteiger charge is -2.49. The number of ether oxygens (including phenoxy) is 2. The Labute approximate surface area is 128 Å². The Morgan fingerprint density at radius 1 is 1.05 bits per heavy atom. The lowest BCUT2D eigenvalue weighted by Crippen LogP contribution is -2.52. The fourth-order valence-electron chi connectivity index (χ4n) is 4.40. The van der Waals surface area contributed by atoms with Gasteiger partial charge >= 0.3 is 0 Å². The molecule has 1 saturated heterocycles. The summed E-state index contributed by atoms with van der Waals surface area (Å²) in [4.78, 5) is 2.63. The molecule has 3 heteroatoms. The van der Waals surface area contributed by atoms with Gasteiger partial charge in [0.1, 0.15) is 0 Å². The van der Waals surface area contributed by atoms with Crippen molar-refractivity contribution in [2.75, 3.05) is 27.3 Å². The largest absolute Gasteiger partial charge is 0.356 e. The third kappa shape index (κ3) is 3.31. The lowest BCUT2D eigenvalue weighted by atomic mass is 9.68. The number of methoxy groups -OCH3 is 2. The second kappa shape index (κ2) is 6.91. The first kappa shape index (κ1) is 15.0. The monoisotopic (exact) mass is 289 g/mol. The van der Waals surface area contributed by atoms with E-state index in [1.165, 1.54) is 37.9 Å². The van der Waals surface area contributed by atoms with Crippen molar-refractivity contribution in [1.82, 2.24) is 4.90 Å². The van der Waals surface area contributed by atoms with Crippen molar-refractivity contribution in [3.63, 3.8) is 0 Å². The molecule has 2 aliphatic rings. The molecule has 1 saturated carbocycles. The van der Waals surface area contributed by atoms with E-state index in [1.807, 2.05) is 0 Å². The van der Waals surface area contributed by atoms with Gasteiger partial charge in [-0.2, -0.15) is 0 Å². The first-order chi connectivity index (χ1) is 10.3. The van der Waals surface area contributed by atoms with E-state index in [-0.39, 0.29) is 6.29 Å². The third-order valence-electron chi connectivity index (χ3n) is 5.25. The van der Waals surface area contributed by atoms with Crippen LogP contribution >= 0.6 is 0 Å². The Morgan fingerprint density at radius 3 is 2.24 bits per heavy atom. The van der Waals surface area contributed by atoms with Gasteiger partial charge in [0.2, 0.25) is 0 Å². The second-order valence-corrected chi connectivity index (χ2v) is 6.55. The van der Waals surface area contributed by atoms with E-state index in [2.05, 4.69) is 35.2 Å². The highest BCUT2D eigenvalue weighted by Gasteiger charge is 2.43. The number of fused-ring (bicyclic) bond motifs is 2. The van der Waals surface area contributed by atoms with Crippen molar-refractivity contribution in [3.05, 3.63) is 35.9 Å². The molecule has 116 valence electrons. The van der Waals surface area contributed by atoms with E-state index in [4.69, 9.17) is 9.47 Å². The number of hydrogen-bond donors (Lipinski definition) is 0. The number of rotatable bonds is 5. The van der Waals surface area contributed by atoms with Crippen molar-refractivity contribution in [1.29, 1.82) is 0 Å². The van der Waals surface area contributed by atoms with E-state index in [0.29, 0.717) is 17.8 Å². The minimum Gasteiger partial charge on any atom is -0.356 e. The van der Waals surface area contributed by atoms with Crippen molar-refractivity contribution < 1.29 is 9.47 Å². The molecule has 0 spiro atoms. The summed E-state index contributed by atoms with van der Waals surface area (Å²) >= 11 is 0. The topological polar surface area (TPSA) is 21.7 Å². The molecule has 21 heavy (non-hydrogen) atoms. The zero-order chi connectivity index (χ0) is 14.7. The molecule has 3 nitrogen and oxygen atoms in total. The standard InChI is InChI=1S/C18H27NO2/c1-20-18(21-2)17-15-9-6-10-16(17)13-19(12-15)11-14-7-4-3-5-8-14/h3-5,7-8,15-18H,6,9-13H2,1-2H3. The van der Waals surface area contributed by atoms with Crippen LogP contribution in [-0.4, -0.2) is 38.5 Å². The van der Waals surface area contributed by atoms with Gasteiger partial charge in [0.15, 0.2) is 6.29 Å². The van der Waals surface area contributed by atoms with Crippen LogP contribution in [0.4, 0.5) is 0 Å². The van der Waals surface area contributed by atoms with Crippen LogP contribution < -0.4 is 0 Å². The van der Waals surface area contributed by atoms with Crippen LogP contribution in [0.25, 0.3) is 0 Å². The first-order valence-electron chi connectivity index (χ1n) is 8.13. The summed E-state index contributed by atoms with van der Waals surface area (Å²) in [6.45, 7) is 3.43. The average Bonchev–Trinajstić information content (AvgIpc) is 2.50. The molecule has 0 amide bonds. The van der Waals surface area contributed by atoms with Crippen molar-refractivity contribution >= 4 is 0 Å². The molecule has 0 N–H and O–H groups in total. The van der Waals surface area contributed by atoms with E-state index in [9.17, 15) is 0 Å². The number of nitrogens with zero attached hydrogens (tertiary/aromatic N) is 1. The average molecular weight is 289 g/mol. The molecule has 1 heterocycles. The normalized spacial score (nSPS) is 29.8. The highest BCUT2D eigenvalue weighted by Crippen LogP contribution is 2.42. The SMILES string of the molecule is COC(OC)C1C2CCCC1CN(Cc1ccccc1)C2. The van der Waals surface area contributed by atoms with Gasteiger partial charge in [-0.3, -0.25) is 4.90 Å². The molecular weight excluding hydrogens is 262 g/mol. The molecule has 1 aliphatic heterocycles. The first-order valence-corrected chi connectivity index (χ1v) is 8.13. The molecule has 3 rings (SSSR count). The van der Waals surface area contributed by atoms with Crippen LogP contribution in [0.2, 0.25) is 0 Å². The summed E-state index contributed by atoms with van der Waals surface area (Å²) in [5, 5.41) is 0. The van der Waals surface area contributed by atoms with Gasteiger partial charge in [0, 0.05) is 39.8 Å². The Hall–Kier alpha value is -0.900. The Bertz CT molecular complexity index is 418. The predicted molar refractivity (Wildman–Crippen MR) is 83.8 cm³/mol. The van der Waals surface area contributed by atoms with Gasteiger partial charge in [-0.05, 0) is 30.2 Å². The smallest absolute Gasteiger partial charge is 0.160 e. The molecule has 1 aromatic rings. The highest BCUT2D eigenvalue weighted by molar-refractivity contribution is 5.14. The molecule has 1 aromatic carbocycles. The summed E-state index contributed by atoms with van der Waals surface area (Å²) < 4.78 is 11.2. The summed E-state index contributed by atoms with van der Waals surface area (Å²) in [6, 6.07) is 10.8. The summed E-state index contributed by atoms with van der Waals surface area (Å²) in [5.41, 5.74) is 1.42. The number of hydrogen-bond acceptors (Lipinski definition) is 3. The zero-order valence-corrected chi connectivity index (χ0v) is 13.2. The molecule has 1 aliphatic carbocycles. The molecule has 0 aromatic heterocycles. The highest BCUT2D eigenvalue weighted by atomic mass is 16.7. The van der Waals surface area contributed by atoms with Crippen LogP contribution in [0.15, 0.2) is 30.3 Å². The maximum atomic E-state index is 5.59. The zero-order valence-electron chi connectivity index (χ0n) is 13.2.